The summed E-state index contributed by atoms with van der Waals surface area (Å²) in [5, 5.41) is 27.0. The van der Waals surface area contributed by atoms with Crippen molar-refractivity contribution >= 4 is 28.0 Å². The van der Waals surface area contributed by atoms with E-state index in [1.165, 1.54) is 6.07 Å². The number of nitrogens with zero attached hydrogens (tertiary/aromatic N) is 4. The Balaban J connectivity index is 1.83. The van der Waals surface area contributed by atoms with Crippen molar-refractivity contribution in [3.63, 3.8) is 0 Å². The molecule has 4 aromatic rings. The third kappa shape index (κ3) is 3.71. The predicted octanol–water partition coefficient (Wildman–Crippen LogP) is 5.11. The van der Waals surface area contributed by atoms with Gasteiger partial charge in [0.25, 0.3) is 0 Å². The molecular weight excluding hydrogens is 468 g/mol. The maximum atomic E-state index is 14.4. The summed E-state index contributed by atoms with van der Waals surface area (Å²) in [6, 6.07) is 7.81. The maximum Gasteiger partial charge on any atom is 0.335 e. The van der Waals surface area contributed by atoms with E-state index in [1.54, 1.807) is 13.1 Å². The highest BCUT2D eigenvalue weighted by Gasteiger charge is 2.42. The van der Waals surface area contributed by atoms with Gasteiger partial charge in [-0.2, -0.15) is 10.4 Å². The molecule has 10 heteroatoms. The first-order valence-corrected chi connectivity index (χ1v) is 11.6. The number of H-pyrrole nitrogens is 1. The number of aliphatic carboxylic acids is 1. The smallest absolute Gasteiger partial charge is 0.335 e. The van der Waals surface area contributed by atoms with Crippen LogP contribution in [-0.2, 0) is 14.9 Å². The average Bonchev–Trinajstić information content (AvgIpc) is 3.42. The fraction of sp³-hybridized carbons (Fsp3) is 0.385. The zero-order valence-corrected chi connectivity index (χ0v) is 20.1. The number of halogens is 2. The second kappa shape index (κ2) is 8.38. The normalized spacial score (nSPS) is 20.6. The lowest BCUT2D eigenvalue weighted by atomic mass is 9.78. The number of hydrogen-bond donors (Lipinski definition) is 2. The minimum Gasteiger partial charge on any atom is -0.479 e. The van der Waals surface area contributed by atoms with Gasteiger partial charge in [0.1, 0.15) is 0 Å². The standard InChI is InChI=1S/C26H25F2N5O3/c1-25(2,8-9-29)22-20(14-6-7-26(3,24(34)35)36-13-14)21-19(10-15-12-30-32-23(15)31-21)33(22)16-4-5-17(27)18(28)11-16/h4-5,10-12,14H,6-8,13H2,1-3H3,(H,34,35)(H,30,31,32)/t14-,26+/m1/s1. The van der Waals surface area contributed by atoms with Crippen molar-refractivity contribution in [1.82, 2.24) is 19.7 Å². The number of aromatic nitrogens is 4. The van der Waals surface area contributed by atoms with Gasteiger partial charge in [0.15, 0.2) is 22.9 Å². The number of pyridine rings is 1. The van der Waals surface area contributed by atoms with Crippen LogP contribution in [0.15, 0.2) is 30.5 Å². The number of nitriles is 1. The maximum absolute atomic E-state index is 14.4. The largest absolute Gasteiger partial charge is 0.479 e. The average molecular weight is 494 g/mol. The second-order valence-corrected chi connectivity index (χ2v) is 10.2. The van der Waals surface area contributed by atoms with Gasteiger partial charge in [0.2, 0.25) is 0 Å². The Morgan fingerprint density at radius 2 is 2.14 bits per heavy atom. The van der Waals surface area contributed by atoms with E-state index in [0.29, 0.717) is 28.8 Å². The molecule has 8 nitrogen and oxygen atoms in total. The van der Waals surface area contributed by atoms with Gasteiger partial charge in [-0.15, -0.1) is 0 Å². The Morgan fingerprint density at radius 3 is 2.78 bits per heavy atom. The van der Waals surface area contributed by atoms with Gasteiger partial charge < -0.3 is 14.4 Å². The van der Waals surface area contributed by atoms with Crippen molar-refractivity contribution in [2.24, 2.45) is 0 Å². The lowest BCUT2D eigenvalue weighted by Gasteiger charge is -2.36. The molecular formula is C26H25F2N5O3. The van der Waals surface area contributed by atoms with E-state index in [1.807, 2.05) is 24.5 Å². The number of aromatic amines is 1. The molecule has 186 valence electrons. The third-order valence-corrected chi connectivity index (χ3v) is 7.14. The molecule has 1 fully saturated rings. The van der Waals surface area contributed by atoms with E-state index in [0.717, 1.165) is 28.8 Å². The summed E-state index contributed by atoms with van der Waals surface area (Å²) in [7, 11) is 0. The monoisotopic (exact) mass is 493 g/mol. The number of hydrogen-bond acceptors (Lipinski definition) is 5. The Hall–Kier alpha value is -3.84. The van der Waals surface area contributed by atoms with Gasteiger partial charge in [-0.3, -0.25) is 5.10 Å². The van der Waals surface area contributed by atoms with Crippen molar-refractivity contribution in [1.29, 1.82) is 5.26 Å². The zero-order valence-electron chi connectivity index (χ0n) is 20.1. The van der Waals surface area contributed by atoms with Gasteiger partial charge in [0, 0.05) is 46.2 Å². The van der Waals surface area contributed by atoms with Crippen LogP contribution in [0.4, 0.5) is 8.78 Å². The number of ether oxygens (including phenoxy) is 1. The van der Waals surface area contributed by atoms with Crippen molar-refractivity contribution < 1.29 is 23.4 Å². The lowest BCUT2D eigenvalue weighted by molar-refractivity contribution is -0.170. The zero-order chi connectivity index (χ0) is 25.8. The van der Waals surface area contributed by atoms with E-state index < -0.39 is 28.6 Å². The fourth-order valence-corrected chi connectivity index (χ4v) is 5.10. The quantitative estimate of drug-likeness (QED) is 0.399. The first-order valence-electron chi connectivity index (χ1n) is 11.6. The number of carboxylic acid groups (broad SMARTS) is 1. The van der Waals surface area contributed by atoms with Crippen molar-refractivity contribution in [2.45, 2.75) is 57.0 Å². The molecule has 1 saturated heterocycles. The highest BCUT2D eigenvalue weighted by molar-refractivity contribution is 5.94. The van der Waals surface area contributed by atoms with E-state index in [9.17, 15) is 23.9 Å². The minimum absolute atomic E-state index is 0.137. The number of carbonyl (C=O) groups is 1. The van der Waals surface area contributed by atoms with E-state index >= 15 is 0 Å². The first-order chi connectivity index (χ1) is 17.1. The van der Waals surface area contributed by atoms with Gasteiger partial charge in [0.05, 0.1) is 29.9 Å². The SMILES string of the molecule is CC(C)(CC#N)c1c([C@@H]2CC[C@@](C)(C(=O)O)OC2)c2nc3[nH]ncc3cc2n1-c1ccc(F)c(F)c1. The molecule has 2 N–H and O–H groups in total. The summed E-state index contributed by atoms with van der Waals surface area (Å²) in [5.41, 5.74) is 1.74. The molecule has 0 saturated carbocycles. The van der Waals surface area contributed by atoms with Crippen molar-refractivity contribution in [3.05, 3.63) is 53.4 Å². The lowest BCUT2D eigenvalue weighted by Crippen LogP contribution is -2.43. The number of carboxylic acids is 1. The van der Waals surface area contributed by atoms with Crippen molar-refractivity contribution in [3.8, 4) is 11.8 Å². The van der Waals surface area contributed by atoms with Crippen LogP contribution in [-0.4, -0.2) is 43.0 Å². The predicted molar refractivity (Wildman–Crippen MR) is 128 cm³/mol. The van der Waals surface area contributed by atoms with Crippen LogP contribution in [0.5, 0.6) is 0 Å². The van der Waals surface area contributed by atoms with E-state index in [2.05, 4.69) is 16.3 Å². The molecule has 5 rings (SSSR count). The molecule has 0 amide bonds. The summed E-state index contributed by atoms with van der Waals surface area (Å²) >= 11 is 0. The highest BCUT2D eigenvalue weighted by Crippen LogP contribution is 2.45. The molecule has 0 aliphatic carbocycles. The topological polar surface area (TPSA) is 117 Å². The Bertz CT molecular complexity index is 1540. The van der Waals surface area contributed by atoms with E-state index in [4.69, 9.17) is 9.72 Å². The van der Waals surface area contributed by atoms with E-state index in [-0.39, 0.29) is 25.4 Å². The molecule has 0 bridgehead atoms. The Morgan fingerprint density at radius 1 is 1.36 bits per heavy atom. The molecule has 2 atom stereocenters. The summed E-state index contributed by atoms with van der Waals surface area (Å²) in [4.78, 5) is 16.6. The number of benzene rings is 1. The molecule has 1 aliphatic heterocycles. The molecule has 0 unspecified atom stereocenters. The molecule has 0 spiro atoms. The minimum atomic E-state index is -1.29. The fourth-order valence-electron chi connectivity index (χ4n) is 5.10. The van der Waals surface area contributed by atoms with Gasteiger partial charge in [-0.05, 0) is 38.0 Å². The van der Waals surface area contributed by atoms with Crippen LogP contribution in [0.25, 0.3) is 27.8 Å². The van der Waals surface area contributed by atoms with Crippen LogP contribution in [0.3, 0.4) is 0 Å². The second-order valence-electron chi connectivity index (χ2n) is 10.2. The molecule has 3 aromatic heterocycles. The van der Waals surface area contributed by atoms with Crippen LogP contribution in [0, 0.1) is 23.0 Å². The summed E-state index contributed by atoms with van der Waals surface area (Å²) in [6.45, 7) is 5.53. The molecule has 4 heterocycles. The number of nitrogens with one attached hydrogen (secondary N) is 1. The number of fused-ring (bicyclic) bond motifs is 2. The summed E-state index contributed by atoms with van der Waals surface area (Å²) in [6.07, 6.45) is 2.58. The third-order valence-electron chi connectivity index (χ3n) is 7.14. The molecule has 1 aliphatic rings. The molecule has 1 aromatic carbocycles. The summed E-state index contributed by atoms with van der Waals surface area (Å²) in [5.74, 6) is -3.20. The Kier molecular flexibility index (Phi) is 5.56. The van der Waals surface area contributed by atoms with Crippen molar-refractivity contribution in [2.75, 3.05) is 6.61 Å². The Labute approximate surface area is 205 Å². The molecule has 0 radical (unpaired) electrons. The van der Waals surface area contributed by atoms with Gasteiger partial charge >= 0.3 is 5.97 Å². The highest BCUT2D eigenvalue weighted by atomic mass is 19.2. The van der Waals surface area contributed by atoms with Gasteiger partial charge in [-0.1, -0.05) is 13.8 Å². The van der Waals surface area contributed by atoms with Crippen LogP contribution in [0.1, 0.15) is 57.2 Å². The van der Waals surface area contributed by atoms with Crippen LogP contribution >= 0.6 is 0 Å². The van der Waals surface area contributed by atoms with Gasteiger partial charge in [-0.25, -0.2) is 18.6 Å². The number of rotatable bonds is 5. The summed E-state index contributed by atoms with van der Waals surface area (Å²) < 4.78 is 36.0. The molecule has 36 heavy (non-hydrogen) atoms. The first kappa shape index (κ1) is 23.9. The van der Waals surface area contributed by atoms with Crippen LogP contribution in [0.2, 0.25) is 0 Å². The van der Waals surface area contributed by atoms with Crippen LogP contribution < -0.4 is 0 Å².